The highest BCUT2D eigenvalue weighted by Crippen LogP contribution is 2.26. The lowest BCUT2D eigenvalue weighted by Gasteiger charge is -2.14. The quantitative estimate of drug-likeness (QED) is 0.767. The van der Waals surface area contributed by atoms with Gasteiger partial charge in [0.2, 0.25) is 0 Å². The van der Waals surface area contributed by atoms with Crippen molar-refractivity contribution in [2.75, 3.05) is 0 Å². The molecular weight excluding hydrogens is 198 g/mol. The maximum absolute atomic E-state index is 5.84. The summed E-state index contributed by atoms with van der Waals surface area (Å²) in [6, 6.07) is 4.46. The first-order valence-corrected chi connectivity index (χ1v) is 6.01. The highest BCUT2D eigenvalue weighted by Gasteiger charge is 2.13. The van der Waals surface area contributed by atoms with E-state index in [-0.39, 0.29) is 6.04 Å². The Hall–Kier alpha value is -1.35. The molecule has 0 saturated carbocycles. The minimum atomic E-state index is -0.0237. The van der Waals surface area contributed by atoms with Crippen molar-refractivity contribution in [2.45, 2.75) is 38.6 Å². The first-order valence-electron chi connectivity index (χ1n) is 6.01. The predicted octanol–water partition coefficient (Wildman–Crippen LogP) is 2.46. The number of nitrogens with one attached hydrogen (secondary N) is 1. The molecule has 0 amide bonds. The number of imidazole rings is 1. The molecule has 3 heteroatoms. The van der Waals surface area contributed by atoms with Crippen molar-refractivity contribution in [1.82, 2.24) is 9.97 Å². The van der Waals surface area contributed by atoms with E-state index in [0.717, 1.165) is 16.9 Å². The van der Waals surface area contributed by atoms with Gasteiger partial charge in [-0.3, -0.25) is 0 Å². The highest BCUT2D eigenvalue weighted by molar-refractivity contribution is 5.77. The summed E-state index contributed by atoms with van der Waals surface area (Å²) in [4.78, 5) is 7.85. The van der Waals surface area contributed by atoms with Crippen LogP contribution in [0.5, 0.6) is 0 Å². The molecule has 16 heavy (non-hydrogen) atoms. The molecule has 1 aromatic heterocycles. The zero-order valence-corrected chi connectivity index (χ0v) is 9.59. The first-order chi connectivity index (χ1) is 7.74. The van der Waals surface area contributed by atoms with Crippen LogP contribution in [0.4, 0.5) is 0 Å². The van der Waals surface area contributed by atoms with Crippen molar-refractivity contribution in [1.29, 1.82) is 0 Å². The average Bonchev–Trinajstić information content (AvgIpc) is 2.68. The van der Waals surface area contributed by atoms with Crippen LogP contribution >= 0.6 is 0 Å². The van der Waals surface area contributed by atoms with Crippen molar-refractivity contribution >= 4 is 11.0 Å². The van der Waals surface area contributed by atoms with Crippen molar-refractivity contribution in [2.24, 2.45) is 5.73 Å². The van der Waals surface area contributed by atoms with Crippen LogP contribution in [0.1, 0.15) is 42.8 Å². The molecule has 0 bridgehead atoms. The molecule has 3 rings (SSSR count). The average molecular weight is 215 g/mol. The SMILES string of the molecule is CC(N)c1nc2cc3c(cc2[nH]1)CCCC3. The largest absolute Gasteiger partial charge is 0.341 e. The van der Waals surface area contributed by atoms with Gasteiger partial charge in [-0.05, 0) is 55.9 Å². The van der Waals surface area contributed by atoms with Gasteiger partial charge in [-0.15, -0.1) is 0 Å². The predicted molar refractivity (Wildman–Crippen MR) is 65.3 cm³/mol. The number of aromatic nitrogens is 2. The third kappa shape index (κ3) is 1.52. The molecule has 3 N–H and O–H groups in total. The Bertz CT molecular complexity index is 482. The summed E-state index contributed by atoms with van der Waals surface area (Å²) in [5.41, 5.74) is 11.0. The standard InChI is InChI=1S/C13H17N3/c1-8(14)13-15-11-6-9-4-2-3-5-10(9)7-12(11)16-13/h6-8H,2-5,14H2,1H3,(H,15,16). The van der Waals surface area contributed by atoms with Gasteiger partial charge in [0.15, 0.2) is 0 Å². The molecule has 1 heterocycles. The molecule has 3 nitrogen and oxygen atoms in total. The van der Waals surface area contributed by atoms with E-state index in [9.17, 15) is 0 Å². The summed E-state index contributed by atoms with van der Waals surface area (Å²) in [5.74, 6) is 0.886. The number of aromatic amines is 1. The number of rotatable bonds is 1. The molecule has 0 saturated heterocycles. The molecule has 0 aliphatic heterocycles. The lowest BCUT2D eigenvalue weighted by atomic mass is 9.91. The third-order valence-electron chi connectivity index (χ3n) is 3.40. The van der Waals surface area contributed by atoms with E-state index < -0.39 is 0 Å². The van der Waals surface area contributed by atoms with E-state index in [0.29, 0.717) is 0 Å². The van der Waals surface area contributed by atoms with Gasteiger partial charge in [-0.25, -0.2) is 4.98 Å². The second-order valence-electron chi connectivity index (χ2n) is 4.76. The second-order valence-corrected chi connectivity index (χ2v) is 4.76. The molecule has 0 fully saturated rings. The van der Waals surface area contributed by atoms with Crippen LogP contribution in [-0.4, -0.2) is 9.97 Å². The molecule has 1 aliphatic rings. The Balaban J connectivity index is 2.16. The summed E-state index contributed by atoms with van der Waals surface area (Å²) < 4.78 is 0. The van der Waals surface area contributed by atoms with Crippen molar-refractivity contribution in [3.63, 3.8) is 0 Å². The summed E-state index contributed by atoms with van der Waals surface area (Å²) in [6.45, 7) is 1.96. The summed E-state index contributed by atoms with van der Waals surface area (Å²) in [7, 11) is 0. The molecular formula is C13H17N3. The number of H-pyrrole nitrogens is 1. The Kier molecular flexibility index (Phi) is 2.21. The minimum Gasteiger partial charge on any atom is -0.341 e. The summed E-state index contributed by atoms with van der Waals surface area (Å²) in [5, 5.41) is 0. The van der Waals surface area contributed by atoms with Crippen LogP contribution < -0.4 is 5.73 Å². The van der Waals surface area contributed by atoms with Crippen LogP contribution in [0, 0.1) is 0 Å². The number of nitrogens with two attached hydrogens (primary N) is 1. The van der Waals surface area contributed by atoms with E-state index in [1.165, 1.54) is 36.8 Å². The summed E-state index contributed by atoms with van der Waals surface area (Å²) >= 11 is 0. The lowest BCUT2D eigenvalue weighted by molar-refractivity contribution is 0.687. The van der Waals surface area contributed by atoms with Crippen molar-refractivity contribution in [3.05, 3.63) is 29.1 Å². The Morgan fingerprint density at radius 3 is 2.62 bits per heavy atom. The van der Waals surface area contributed by atoms with Gasteiger partial charge >= 0.3 is 0 Å². The number of hydrogen-bond donors (Lipinski definition) is 2. The summed E-state index contributed by atoms with van der Waals surface area (Å²) in [6.07, 6.45) is 5.03. The minimum absolute atomic E-state index is 0.0237. The van der Waals surface area contributed by atoms with E-state index in [4.69, 9.17) is 5.73 Å². The first kappa shape index (κ1) is 9.85. The van der Waals surface area contributed by atoms with Gasteiger partial charge in [0.25, 0.3) is 0 Å². The second kappa shape index (κ2) is 3.59. The molecule has 2 aromatic rings. The fraction of sp³-hybridized carbons (Fsp3) is 0.462. The fourth-order valence-electron chi connectivity index (χ4n) is 2.48. The Morgan fingerprint density at radius 2 is 1.94 bits per heavy atom. The molecule has 1 aromatic carbocycles. The number of nitrogens with zero attached hydrogens (tertiary/aromatic N) is 1. The van der Waals surface area contributed by atoms with Crippen molar-refractivity contribution in [3.8, 4) is 0 Å². The van der Waals surface area contributed by atoms with Gasteiger partial charge in [0.05, 0.1) is 17.1 Å². The van der Waals surface area contributed by atoms with Crippen molar-refractivity contribution < 1.29 is 0 Å². The van der Waals surface area contributed by atoms with Gasteiger partial charge in [0.1, 0.15) is 5.82 Å². The van der Waals surface area contributed by atoms with Crippen LogP contribution in [0.3, 0.4) is 0 Å². The van der Waals surface area contributed by atoms with E-state index in [1.54, 1.807) is 0 Å². The molecule has 1 unspecified atom stereocenters. The lowest BCUT2D eigenvalue weighted by Crippen LogP contribution is -2.06. The molecule has 84 valence electrons. The fourth-order valence-corrected chi connectivity index (χ4v) is 2.48. The maximum atomic E-state index is 5.84. The highest BCUT2D eigenvalue weighted by atomic mass is 15.0. The molecule has 1 atom stereocenters. The van der Waals surface area contributed by atoms with Crippen LogP contribution in [-0.2, 0) is 12.8 Å². The Morgan fingerprint density at radius 1 is 1.25 bits per heavy atom. The van der Waals surface area contributed by atoms with E-state index in [2.05, 4.69) is 22.1 Å². The zero-order chi connectivity index (χ0) is 11.1. The normalized spacial score (nSPS) is 17.4. The van der Waals surface area contributed by atoms with Crippen LogP contribution in [0.25, 0.3) is 11.0 Å². The molecule has 0 radical (unpaired) electrons. The maximum Gasteiger partial charge on any atom is 0.123 e. The third-order valence-corrected chi connectivity index (χ3v) is 3.40. The molecule has 1 aliphatic carbocycles. The van der Waals surface area contributed by atoms with Gasteiger partial charge in [-0.1, -0.05) is 0 Å². The molecule has 0 spiro atoms. The monoisotopic (exact) mass is 215 g/mol. The zero-order valence-electron chi connectivity index (χ0n) is 9.59. The van der Waals surface area contributed by atoms with Gasteiger partial charge < -0.3 is 10.7 Å². The Labute approximate surface area is 95.1 Å². The number of aryl methyl sites for hydroxylation is 2. The van der Waals surface area contributed by atoms with E-state index in [1.807, 2.05) is 6.92 Å². The van der Waals surface area contributed by atoms with Gasteiger partial charge in [0, 0.05) is 0 Å². The number of fused-ring (bicyclic) bond motifs is 2. The topological polar surface area (TPSA) is 54.7 Å². The van der Waals surface area contributed by atoms with Crippen LogP contribution in [0.2, 0.25) is 0 Å². The smallest absolute Gasteiger partial charge is 0.123 e. The number of benzene rings is 1. The number of hydrogen-bond acceptors (Lipinski definition) is 2. The van der Waals surface area contributed by atoms with Crippen LogP contribution in [0.15, 0.2) is 12.1 Å². The van der Waals surface area contributed by atoms with E-state index >= 15 is 0 Å². The van der Waals surface area contributed by atoms with Gasteiger partial charge in [-0.2, -0.15) is 0 Å².